The van der Waals surface area contributed by atoms with Crippen LogP contribution in [0.1, 0.15) is 40.0 Å². The van der Waals surface area contributed by atoms with E-state index in [0.29, 0.717) is 37.8 Å². The maximum atomic E-state index is 12.4. The van der Waals surface area contributed by atoms with Crippen molar-refractivity contribution in [1.29, 1.82) is 0 Å². The van der Waals surface area contributed by atoms with Crippen molar-refractivity contribution in [2.75, 3.05) is 32.2 Å². The van der Waals surface area contributed by atoms with Crippen molar-refractivity contribution in [3.05, 3.63) is 18.3 Å². The van der Waals surface area contributed by atoms with Gasteiger partial charge < -0.3 is 19.5 Å². The summed E-state index contributed by atoms with van der Waals surface area (Å²) in [5.41, 5.74) is -0.213. The summed E-state index contributed by atoms with van der Waals surface area (Å²) in [5, 5.41) is 2.84. The number of carbonyl (C=O) groups excluding carboxylic acids is 1. The highest BCUT2D eigenvalue weighted by atomic mass is 16.5. The minimum atomic E-state index is -0.831. The largest absolute Gasteiger partial charge is 0.475 e. The van der Waals surface area contributed by atoms with E-state index in [1.54, 1.807) is 32.4 Å². The number of unbranched alkanes of at least 4 members (excludes halogenated alkanes) is 1. The third kappa shape index (κ3) is 6.54. The predicted molar refractivity (Wildman–Crippen MR) is 89.8 cm³/mol. The summed E-state index contributed by atoms with van der Waals surface area (Å²) in [6.45, 7) is 7.46. The fourth-order valence-electron chi connectivity index (χ4n) is 1.97. The van der Waals surface area contributed by atoms with Crippen molar-refractivity contribution in [1.82, 2.24) is 4.98 Å². The molecule has 130 valence electrons. The molecule has 1 aromatic heterocycles. The summed E-state index contributed by atoms with van der Waals surface area (Å²) in [5.74, 6) is 0.337. The molecule has 0 spiro atoms. The zero-order valence-electron chi connectivity index (χ0n) is 14.6. The van der Waals surface area contributed by atoms with Crippen LogP contribution >= 0.6 is 0 Å². The van der Waals surface area contributed by atoms with Crippen molar-refractivity contribution in [2.45, 2.75) is 45.6 Å². The third-order valence-electron chi connectivity index (χ3n) is 3.61. The lowest BCUT2D eigenvalue weighted by molar-refractivity contribution is -0.136. The SMILES string of the molecule is CCCC[C@@](C)(OC)C(=O)Nc1ccc(OCCOCC)nc1. The number of carbonyl (C=O) groups is 1. The Morgan fingerprint density at radius 1 is 1.30 bits per heavy atom. The number of anilines is 1. The van der Waals surface area contributed by atoms with E-state index in [1.165, 1.54) is 0 Å². The van der Waals surface area contributed by atoms with Gasteiger partial charge in [-0.25, -0.2) is 4.98 Å². The number of methoxy groups -OCH3 is 1. The van der Waals surface area contributed by atoms with Crippen LogP contribution in [-0.2, 0) is 14.3 Å². The number of rotatable bonds is 11. The first kappa shape index (κ1) is 19.4. The van der Waals surface area contributed by atoms with Crippen molar-refractivity contribution in [2.24, 2.45) is 0 Å². The van der Waals surface area contributed by atoms with Gasteiger partial charge in [-0.1, -0.05) is 19.8 Å². The van der Waals surface area contributed by atoms with Crippen LogP contribution in [0.25, 0.3) is 0 Å². The fourth-order valence-corrected chi connectivity index (χ4v) is 1.97. The van der Waals surface area contributed by atoms with Crippen LogP contribution in [0.2, 0.25) is 0 Å². The Labute approximate surface area is 138 Å². The summed E-state index contributed by atoms with van der Waals surface area (Å²) in [7, 11) is 1.56. The average Bonchev–Trinajstić information content (AvgIpc) is 2.58. The summed E-state index contributed by atoms with van der Waals surface area (Å²) in [4.78, 5) is 16.6. The maximum Gasteiger partial charge on any atom is 0.256 e. The van der Waals surface area contributed by atoms with Gasteiger partial charge in [0.15, 0.2) is 0 Å². The molecule has 1 atom stereocenters. The molecule has 0 aliphatic rings. The Bertz CT molecular complexity index is 464. The first-order valence-corrected chi connectivity index (χ1v) is 8.09. The smallest absolute Gasteiger partial charge is 0.256 e. The van der Waals surface area contributed by atoms with Crippen molar-refractivity contribution >= 4 is 11.6 Å². The minimum absolute atomic E-state index is 0.166. The first-order valence-electron chi connectivity index (χ1n) is 8.09. The van der Waals surface area contributed by atoms with Crippen LogP contribution in [0.5, 0.6) is 5.88 Å². The van der Waals surface area contributed by atoms with Gasteiger partial charge in [0.05, 0.1) is 18.5 Å². The van der Waals surface area contributed by atoms with Crippen LogP contribution in [0.3, 0.4) is 0 Å². The van der Waals surface area contributed by atoms with Gasteiger partial charge in [0, 0.05) is 19.8 Å². The quantitative estimate of drug-likeness (QED) is 0.634. The summed E-state index contributed by atoms with van der Waals surface area (Å²) >= 11 is 0. The molecule has 0 saturated heterocycles. The van der Waals surface area contributed by atoms with Crippen LogP contribution in [0, 0.1) is 0 Å². The Morgan fingerprint density at radius 3 is 2.65 bits per heavy atom. The molecule has 6 nitrogen and oxygen atoms in total. The number of hydrogen-bond acceptors (Lipinski definition) is 5. The fraction of sp³-hybridized carbons (Fsp3) is 0.647. The van der Waals surface area contributed by atoms with E-state index in [-0.39, 0.29) is 5.91 Å². The molecule has 6 heteroatoms. The van der Waals surface area contributed by atoms with Crippen LogP contribution in [0.4, 0.5) is 5.69 Å². The number of pyridine rings is 1. The van der Waals surface area contributed by atoms with Gasteiger partial charge in [0.2, 0.25) is 5.88 Å². The molecule has 1 aromatic rings. The molecule has 1 amide bonds. The highest BCUT2D eigenvalue weighted by Gasteiger charge is 2.32. The molecule has 0 saturated carbocycles. The average molecular weight is 324 g/mol. The van der Waals surface area contributed by atoms with Gasteiger partial charge in [0.25, 0.3) is 5.91 Å². The molecule has 0 aliphatic carbocycles. The number of amides is 1. The lowest BCUT2D eigenvalue weighted by atomic mass is 9.97. The zero-order chi connectivity index (χ0) is 17.1. The van der Waals surface area contributed by atoms with E-state index in [2.05, 4.69) is 17.2 Å². The predicted octanol–water partition coefficient (Wildman–Crippen LogP) is 3.03. The number of nitrogens with one attached hydrogen (secondary N) is 1. The lowest BCUT2D eigenvalue weighted by Gasteiger charge is -2.26. The second-order valence-electron chi connectivity index (χ2n) is 5.42. The number of nitrogens with zero attached hydrogens (tertiary/aromatic N) is 1. The summed E-state index contributed by atoms with van der Waals surface area (Å²) in [6, 6.07) is 3.48. The molecule has 1 N–H and O–H groups in total. The molecule has 23 heavy (non-hydrogen) atoms. The van der Waals surface area contributed by atoms with E-state index in [1.807, 2.05) is 6.92 Å². The second kappa shape index (κ2) is 10.2. The monoisotopic (exact) mass is 324 g/mol. The van der Waals surface area contributed by atoms with Gasteiger partial charge >= 0.3 is 0 Å². The Balaban J connectivity index is 2.54. The second-order valence-corrected chi connectivity index (χ2v) is 5.42. The standard InChI is InChI=1S/C17H28N2O4/c1-5-7-10-17(3,21-4)16(20)19-14-8-9-15(18-13-14)23-12-11-22-6-2/h8-9,13H,5-7,10-12H2,1-4H3,(H,19,20)/t17-/m1/s1. The topological polar surface area (TPSA) is 69.7 Å². The van der Waals surface area contributed by atoms with Crippen molar-refractivity contribution < 1.29 is 19.0 Å². The molecular weight excluding hydrogens is 296 g/mol. The summed E-state index contributed by atoms with van der Waals surface area (Å²) < 4.78 is 16.0. The molecular formula is C17H28N2O4. The third-order valence-corrected chi connectivity index (χ3v) is 3.61. The summed E-state index contributed by atoms with van der Waals surface area (Å²) in [6.07, 6.45) is 4.20. The van der Waals surface area contributed by atoms with Crippen molar-refractivity contribution in [3.63, 3.8) is 0 Å². The normalized spacial score (nSPS) is 13.4. The Hall–Kier alpha value is -1.66. The molecule has 0 aliphatic heterocycles. The maximum absolute atomic E-state index is 12.4. The molecule has 0 fully saturated rings. The van der Waals surface area contributed by atoms with Gasteiger partial charge in [-0.15, -0.1) is 0 Å². The highest BCUT2D eigenvalue weighted by molar-refractivity contribution is 5.96. The van der Waals surface area contributed by atoms with E-state index in [4.69, 9.17) is 14.2 Å². The van der Waals surface area contributed by atoms with Crippen LogP contribution in [-0.4, -0.2) is 43.4 Å². The molecule has 1 rings (SSSR count). The minimum Gasteiger partial charge on any atom is -0.475 e. The van der Waals surface area contributed by atoms with Gasteiger partial charge in [-0.3, -0.25) is 4.79 Å². The van der Waals surface area contributed by atoms with E-state index in [9.17, 15) is 4.79 Å². The molecule has 0 unspecified atom stereocenters. The van der Waals surface area contributed by atoms with E-state index < -0.39 is 5.60 Å². The molecule has 0 aromatic carbocycles. The Kier molecular flexibility index (Phi) is 8.58. The van der Waals surface area contributed by atoms with Crippen molar-refractivity contribution in [3.8, 4) is 5.88 Å². The molecule has 1 heterocycles. The van der Waals surface area contributed by atoms with Crippen LogP contribution in [0.15, 0.2) is 18.3 Å². The highest BCUT2D eigenvalue weighted by Crippen LogP contribution is 2.21. The van der Waals surface area contributed by atoms with E-state index in [0.717, 1.165) is 12.8 Å². The molecule has 0 radical (unpaired) electrons. The van der Waals surface area contributed by atoms with E-state index >= 15 is 0 Å². The number of ether oxygens (including phenoxy) is 3. The van der Waals surface area contributed by atoms with Gasteiger partial charge in [-0.2, -0.15) is 0 Å². The molecule has 0 bridgehead atoms. The Morgan fingerprint density at radius 2 is 2.09 bits per heavy atom. The number of hydrogen-bond donors (Lipinski definition) is 1. The van der Waals surface area contributed by atoms with Gasteiger partial charge in [0.1, 0.15) is 12.2 Å². The van der Waals surface area contributed by atoms with Crippen LogP contribution < -0.4 is 10.1 Å². The zero-order valence-corrected chi connectivity index (χ0v) is 14.6. The van der Waals surface area contributed by atoms with Gasteiger partial charge in [-0.05, 0) is 26.3 Å². The number of aromatic nitrogens is 1. The first-order chi connectivity index (χ1) is 11.1. The lowest BCUT2D eigenvalue weighted by Crippen LogP contribution is -2.41.